The van der Waals surface area contributed by atoms with E-state index in [4.69, 9.17) is 23.7 Å². The molecule has 0 aromatic heterocycles. The van der Waals surface area contributed by atoms with Crippen LogP contribution in [0.25, 0.3) is 0 Å². The van der Waals surface area contributed by atoms with E-state index in [9.17, 15) is 51.1 Å². The lowest BCUT2D eigenvalue weighted by atomic mass is 9.97. The van der Waals surface area contributed by atoms with Gasteiger partial charge in [0.1, 0.15) is 67.1 Å². The first kappa shape index (κ1) is 26.0. The second-order valence-corrected chi connectivity index (χ2v) is 7.93. The molecule has 3 saturated heterocycles. The van der Waals surface area contributed by atoms with Crippen molar-refractivity contribution in [1.29, 1.82) is 0 Å². The predicted octanol–water partition coefficient (Wildman–Crippen LogP) is -6.93. The smallest absolute Gasteiger partial charge is 0.187 e. The van der Waals surface area contributed by atoms with Gasteiger partial charge >= 0.3 is 0 Å². The highest BCUT2D eigenvalue weighted by molar-refractivity contribution is 4.94. The summed E-state index contributed by atoms with van der Waals surface area (Å²) in [6.45, 7) is -1.59. The summed E-state index contributed by atoms with van der Waals surface area (Å²) in [7, 11) is 0. The third-order valence-corrected chi connectivity index (χ3v) is 5.68. The van der Waals surface area contributed by atoms with Crippen LogP contribution in [0.2, 0.25) is 0 Å². The minimum Gasteiger partial charge on any atom is -0.394 e. The second-order valence-electron chi connectivity index (χ2n) is 7.93. The highest BCUT2D eigenvalue weighted by Gasteiger charge is 2.50. The highest BCUT2D eigenvalue weighted by Crippen LogP contribution is 2.29. The maximum atomic E-state index is 10.2. The first-order chi connectivity index (χ1) is 15.1. The molecule has 0 spiro atoms. The third kappa shape index (κ3) is 5.22. The average Bonchev–Trinajstić information content (AvgIpc) is 2.77. The van der Waals surface area contributed by atoms with Crippen LogP contribution in [0.5, 0.6) is 0 Å². The topological polar surface area (TPSA) is 248 Å². The van der Waals surface area contributed by atoms with Crippen LogP contribution in [-0.2, 0) is 23.7 Å². The van der Waals surface area contributed by atoms with E-state index in [2.05, 4.69) is 0 Å². The van der Waals surface area contributed by atoms with Crippen LogP contribution in [-0.4, -0.2) is 157 Å². The van der Waals surface area contributed by atoms with Gasteiger partial charge in [-0.1, -0.05) is 0 Å². The van der Waals surface area contributed by atoms with Gasteiger partial charge in [0.05, 0.1) is 19.8 Å². The SMILES string of the molecule is OC[C@H]1OC(O)[C@H](O)[C@@H](O[C@@H]2O[C@H](CO[C@@H]3OC[C@@H](O)[C@H](O)[C@H]3O)[C@@H](O)[C@H](O)[C@H]2O)[C@@H]1O. The maximum Gasteiger partial charge on any atom is 0.187 e. The Balaban J connectivity index is 1.64. The monoisotopic (exact) mass is 474 g/mol. The summed E-state index contributed by atoms with van der Waals surface area (Å²) in [4.78, 5) is 0. The summed E-state index contributed by atoms with van der Waals surface area (Å²) in [5.74, 6) is 0. The van der Waals surface area contributed by atoms with E-state index in [1.807, 2.05) is 0 Å². The number of hydrogen-bond donors (Lipinski definition) is 10. The van der Waals surface area contributed by atoms with E-state index in [1.54, 1.807) is 0 Å². The van der Waals surface area contributed by atoms with Crippen molar-refractivity contribution in [2.45, 2.75) is 86.0 Å². The van der Waals surface area contributed by atoms with Gasteiger partial charge in [-0.15, -0.1) is 0 Å². The van der Waals surface area contributed by atoms with Crippen molar-refractivity contribution in [2.75, 3.05) is 19.8 Å². The Labute approximate surface area is 181 Å². The lowest BCUT2D eigenvalue weighted by Crippen LogP contribution is -2.64. The molecule has 0 aromatic carbocycles. The fourth-order valence-corrected chi connectivity index (χ4v) is 3.67. The summed E-state index contributed by atoms with van der Waals surface area (Å²) in [5.41, 5.74) is 0. The Morgan fingerprint density at radius 1 is 0.656 bits per heavy atom. The molecule has 0 saturated carbocycles. The molecule has 14 atom stereocenters. The summed E-state index contributed by atoms with van der Waals surface area (Å²) in [5, 5.41) is 98.9. The average molecular weight is 474 g/mol. The molecule has 10 N–H and O–H groups in total. The van der Waals surface area contributed by atoms with Gasteiger partial charge in [0.15, 0.2) is 18.9 Å². The molecule has 3 heterocycles. The Bertz CT molecular complexity index is 596. The van der Waals surface area contributed by atoms with E-state index >= 15 is 0 Å². The van der Waals surface area contributed by atoms with Crippen LogP contribution >= 0.6 is 0 Å². The molecule has 3 aliphatic heterocycles. The summed E-state index contributed by atoms with van der Waals surface area (Å²) < 4.78 is 25.9. The third-order valence-electron chi connectivity index (χ3n) is 5.68. The van der Waals surface area contributed by atoms with Gasteiger partial charge in [-0.3, -0.25) is 0 Å². The van der Waals surface area contributed by atoms with Gasteiger partial charge < -0.3 is 74.7 Å². The van der Waals surface area contributed by atoms with Crippen molar-refractivity contribution < 1.29 is 74.7 Å². The Kier molecular flexibility index (Phi) is 8.75. The van der Waals surface area contributed by atoms with Gasteiger partial charge in [0.2, 0.25) is 0 Å². The Morgan fingerprint density at radius 3 is 1.97 bits per heavy atom. The van der Waals surface area contributed by atoms with Crippen molar-refractivity contribution in [3.63, 3.8) is 0 Å². The van der Waals surface area contributed by atoms with Crippen molar-refractivity contribution >= 4 is 0 Å². The molecule has 3 rings (SSSR count). The van der Waals surface area contributed by atoms with Gasteiger partial charge in [-0.25, -0.2) is 0 Å². The zero-order valence-electron chi connectivity index (χ0n) is 16.7. The second kappa shape index (κ2) is 10.8. The highest BCUT2D eigenvalue weighted by atomic mass is 16.7. The van der Waals surface area contributed by atoms with E-state index in [-0.39, 0.29) is 6.61 Å². The minimum absolute atomic E-state index is 0.335. The molecule has 0 amide bonds. The molecule has 0 aliphatic carbocycles. The van der Waals surface area contributed by atoms with Crippen molar-refractivity contribution in [3.05, 3.63) is 0 Å². The van der Waals surface area contributed by atoms with E-state index in [0.717, 1.165) is 0 Å². The van der Waals surface area contributed by atoms with Crippen LogP contribution in [0.1, 0.15) is 0 Å². The normalized spacial score (nSPS) is 52.7. The zero-order chi connectivity index (χ0) is 23.7. The molecule has 15 heteroatoms. The molecule has 3 aliphatic rings. The Morgan fingerprint density at radius 2 is 1.31 bits per heavy atom. The molecule has 188 valence electrons. The summed E-state index contributed by atoms with van der Waals surface area (Å²) >= 11 is 0. The number of aliphatic hydroxyl groups excluding tert-OH is 10. The number of ether oxygens (including phenoxy) is 5. The van der Waals surface area contributed by atoms with Gasteiger partial charge in [-0.05, 0) is 0 Å². The van der Waals surface area contributed by atoms with E-state index in [1.165, 1.54) is 0 Å². The van der Waals surface area contributed by atoms with Crippen LogP contribution in [0, 0.1) is 0 Å². The molecular weight excluding hydrogens is 444 g/mol. The van der Waals surface area contributed by atoms with Crippen LogP contribution in [0.15, 0.2) is 0 Å². The zero-order valence-corrected chi connectivity index (χ0v) is 16.7. The quantitative estimate of drug-likeness (QED) is 0.172. The van der Waals surface area contributed by atoms with Gasteiger partial charge in [0.25, 0.3) is 0 Å². The predicted molar refractivity (Wildman–Crippen MR) is 95.2 cm³/mol. The molecule has 0 bridgehead atoms. The standard InChI is InChI=1S/C17H30O15/c18-1-5-9(22)14(13(26)15(27)30-5)32-17-12(25)10(23)8(21)6(31-17)3-29-16-11(24)7(20)4(19)2-28-16/h4-27H,1-3H2/t4-,5-,6-,7+,8-,9-,10+,11-,12-,13-,14+,15?,16+,17+/m1/s1. The molecule has 1 unspecified atom stereocenters. The van der Waals surface area contributed by atoms with Gasteiger partial charge in [0, 0.05) is 0 Å². The maximum absolute atomic E-state index is 10.2. The molecule has 3 fully saturated rings. The van der Waals surface area contributed by atoms with Crippen LogP contribution in [0.4, 0.5) is 0 Å². The summed E-state index contributed by atoms with van der Waals surface area (Å²) in [6.07, 6.45) is -22.6. The first-order valence-corrected chi connectivity index (χ1v) is 9.99. The molecule has 0 radical (unpaired) electrons. The molecule has 15 nitrogen and oxygen atoms in total. The lowest BCUT2D eigenvalue weighted by Gasteiger charge is -2.45. The fraction of sp³-hybridized carbons (Fsp3) is 1.00. The minimum atomic E-state index is -1.85. The van der Waals surface area contributed by atoms with Crippen molar-refractivity contribution in [1.82, 2.24) is 0 Å². The van der Waals surface area contributed by atoms with Crippen molar-refractivity contribution in [2.24, 2.45) is 0 Å². The van der Waals surface area contributed by atoms with Gasteiger partial charge in [-0.2, -0.15) is 0 Å². The number of rotatable bonds is 6. The van der Waals surface area contributed by atoms with Crippen LogP contribution in [0.3, 0.4) is 0 Å². The molecule has 32 heavy (non-hydrogen) atoms. The molecular formula is C17H30O15. The van der Waals surface area contributed by atoms with Crippen molar-refractivity contribution in [3.8, 4) is 0 Å². The Hall–Kier alpha value is -0.600. The largest absolute Gasteiger partial charge is 0.394 e. The first-order valence-electron chi connectivity index (χ1n) is 9.99. The fourth-order valence-electron chi connectivity index (χ4n) is 3.67. The van der Waals surface area contributed by atoms with E-state index in [0.29, 0.717) is 0 Å². The number of hydrogen-bond acceptors (Lipinski definition) is 15. The van der Waals surface area contributed by atoms with E-state index < -0.39 is 99.2 Å². The lowest BCUT2D eigenvalue weighted by molar-refractivity contribution is -0.360. The number of aliphatic hydroxyl groups is 10. The van der Waals surface area contributed by atoms with Crippen LogP contribution < -0.4 is 0 Å². The molecule has 0 aromatic rings. The summed E-state index contributed by atoms with van der Waals surface area (Å²) in [6, 6.07) is 0.